The summed E-state index contributed by atoms with van der Waals surface area (Å²) in [5, 5.41) is 7.42. The van der Waals surface area contributed by atoms with Gasteiger partial charge in [0.05, 0.1) is 19.3 Å². The molecule has 0 heterocycles. The fourth-order valence-corrected chi connectivity index (χ4v) is 0.976. The first-order valence-corrected chi connectivity index (χ1v) is 8.89. The third-order valence-electron chi connectivity index (χ3n) is 1.82. The van der Waals surface area contributed by atoms with E-state index >= 15 is 0 Å². The second-order valence-electron chi connectivity index (χ2n) is 6.07. The Kier molecular flexibility index (Phi) is 28.8. The molecule has 0 aromatic carbocycles. The minimum Gasteiger partial charge on any atom is -0.481 e. The summed E-state index contributed by atoms with van der Waals surface area (Å²) in [7, 11) is 0. The number of ether oxygens (including phenoxy) is 3. The van der Waals surface area contributed by atoms with Gasteiger partial charge in [0.1, 0.15) is 0 Å². The molecule has 0 spiro atoms. The van der Waals surface area contributed by atoms with E-state index in [-0.39, 0.29) is 24.0 Å². The molecule has 0 aliphatic carbocycles. The Morgan fingerprint density at radius 3 is 1.37 bits per heavy atom. The maximum atomic E-state index is 10.1. The summed E-state index contributed by atoms with van der Waals surface area (Å²) in [6.07, 6.45) is 2.07. The Balaban J connectivity index is -0.000000134. The molecule has 0 fully saturated rings. The molecule has 0 radical (unpaired) electrons. The first-order chi connectivity index (χ1) is 12.3. The molecule has 0 saturated carbocycles. The minimum atomic E-state index is -0.833. The second kappa shape index (κ2) is 23.9. The quantitative estimate of drug-likeness (QED) is 0.412. The summed E-state index contributed by atoms with van der Waals surface area (Å²) >= 11 is 0. The molecule has 0 aromatic rings. The van der Waals surface area contributed by atoms with Crippen LogP contribution in [0.15, 0.2) is 0 Å². The van der Waals surface area contributed by atoms with Crippen molar-refractivity contribution < 1.29 is 38.5 Å². The van der Waals surface area contributed by atoms with Crippen LogP contribution in [-0.2, 0) is 33.4 Å². The van der Waals surface area contributed by atoms with Crippen LogP contribution >= 0.6 is 0 Å². The Bertz CT molecular complexity index is 385. The number of carbonyl (C=O) groups is 4. The van der Waals surface area contributed by atoms with E-state index in [9.17, 15) is 14.4 Å². The monoisotopic (exact) mass is 394 g/mol. The molecule has 0 bridgehead atoms. The highest BCUT2D eigenvalue weighted by atomic mass is 16.5. The lowest BCUT2D eigenvalue weighted by atomic mass is 10.2. The molecule has 0 amide bonds. The number of carboxylic acid groups (broad SMARTS) is 1. The largest absolute Gasteiger partial charge is 0.481 e. The molecule has 27 heavy (non-hydrogen) atoms. The zero-order valence-electron chi connectivity index (χ0n) is 18.3. The maximum Gasteiger partial charge on any atom is 0.302 e. The van der Waals surface area contributed by atoms with Gasteiger partial charge >= 0.3 is 17.9 Å². The smallest absolute Gasteiger partial charge is 0.302 e. The van der Waals surface area contributed by atoms with Crippen molar-refractivity contribution in [2.24, 2.45) is 5.92 Å². The molecule has 0 unspecified atom stereocenters. The SMILES string of the molecule is CC(=O)O.CC(=O)OC(C)C.CC(=O)OCC(C)C.CCCCOC(C)=O. The number of carbonyl (C=O) groups excluding carboxylic acids is 3. The average molecular weight is 395 g/mol. The lowest BCUT2D eigenvalue weighted by Crippen LogP contribution is -2.06. The molecular formula is C19H38O8. The number of carboxylic acids is 1. The lowest BCUT2D eigenvalue weighted by Gasteiger charge is -2.02. The summed E-state index contributed by atoms with van der Waals surface area (Å²) in [6.45, 7) is 16.2. The van der Waals surface area contributed by atoms with Crippen LogP contribution in [0.2, 0.25) is 0 Å². The fraction of sp³-hybridized carbons (Fsp3) is 0.789. The zero-order chi connectivity index (χ0) is 22.4. The van der Waals surface area contributed by atoms with Crippen LogP contribution in [0.3, 0.4) is 0 Å². The van der Waals surface area contributed by atoms with Crippen LogP contribution in [0, 0.1) is 5.92 Å². The number of esters is 3. The maximum absolute atomic E-state index is 10.1. The van der Waals surface area contributed by atoms with Crippen molar-refractivity contribution in [3.63, 3.8) is 0 Å². The van der Waals surface area contributed by atoms with Crippen molar-refractivity contribution in [1.29, 1.82) is 0 Å². The molecule has 0 rings (SSSR count). The van der Waals surface area contributed by atoms with Gasteiger partial charge in [-0.05, 0) is 26.2 Å². The normalized spacial score (nSPS) is 8.70. The van der Waals surface area contributed by atoms with Crippen molar-refractivity contribution in [1.82, 2.24) is 0 Å². The number of hydrogen-bond donors (Lipinski definition) is 1. The molecule has 0 aliphatic rings. The molecule has 162 valence electrons. The highest BCUT2D eigenvalue weighted by molar-refractivity contribution is 5.66. The third-order valence-corrected chi connectivity index (χ3v) is 1.82. The van der Waals surface area contributed by atoms with Gasteiger partial charge in [0.2, 0.25) is 0 Å². The fourth-order valence-electron chi connectivity index (χ4n) is 0.976. The first-order valence-electron chi connectivity index (χ1n) is 8.89. The van der Waals surface area contributed by atoms with E-state index in [1.807, 2.05) is 27.7 Å². The van der Waals surface area contributed by atoms with E-state index in [4.69, 9.17) is 9.90 Å². The van der Waals surface area contributed by atoms with Gasteiger partial charge in [0.15, 0.2) is 0 Å². The predicted octanol–water partition coefficient (Wildman–Crippen LogP) is 3.60. The molecule has 0 aromatic heterocycles. The summed E-state index contributed by atoms with van der Waals surface area (Å²) in [6, 6.07) is 0. The number of unbranched alkanes of at least 4 members (excludes halogenated alkanes) is 1. The lowest BCUT2D eigenvalue weighted by molar-refractivity contribution is -0.145. The number of rotatable bonds is 6. The average Bonchev–Trinajstić information content (AvgIpc) is 2.44. The molecule has 8 heteroatoms. The van der Waals surface area contributed by atoms with Crippen LogP contribution in [0.25, 0.3) is 0 Å². The Labute approximate surface area is 163 Å². The highest BCUT2D eigenvalue weighted by Gasteiger charge is 1.95. The second-order valence-corrected chi connectivity index (χ2v) is 6.07. The van der Waals surface area contributed by atoms with Gasteiger partial charge in [-0.2, -0.15) is 0 Å². The van der Waals surface area contributed by atoms with Crippen molar-refractivity contribution in [3.8, 4) is 0 Å². The molecule has 8 nitrogen and oxygen atoms in total. The topological polar surface area (TPSA) is 116 Å². The predicted molar refractivity (Wildman–Crippen MR) is 103 cm³/mol. The van der Waals surface area contributed by atoms with Gasteiger partial charge in [-0.15, -0.1) is 0 Å². The summed E-state index contributed by atoms with van der Waals surface area (Å²) < 4.78 is 13.9. The van der Waals surface area contributed by atoms with Crippen LogP contribution in [0.1, 0.15) is 75.2 Å². The third kappa shape index (κ3) is 81.0. The van der Waals surface area contributed by atoms with Gasteiger partial charge in [0.25, 0.3) is 5.97 Å². The van der Waals surface area contributed by atoms with E-state index in [2.05, 4.69) is 21.1 Å². The molecule has 1 N–H and O–H groups in total. The Morgan fingerprint density at radius 2 is 1.22 bits per heavy atom. The number of aliphatic carboxylic acids is 1. The molecule has 0 atom stereocenters. The van der Waals surface area contributed by atoms with Crippen molar-refractivity contribution in [3.05, 3.63) is 0 Å². The summed E-state index contributed by atoms with van der Waals surface area (Å²) in [5.41, 5.74) is 0. The first kappa shape index (κ1) is 32.5. The zero-order valence-corrected chi connectivity index (χ0v) is 18.3. The van der Waals surface area contributed by atoms with Crippen LogP contribution < -0.4 is 0 Å². The van der Waals surface area contributed by atoms with Gasteiger partial charge in [0, 0.05) is 27.7 Å². The van der Waals surface area contributed by atoms with Gasteiger partial charge in [-0.3, -0.25) is 19.2 Å². The van der Waals surface area contributed by atoms with E-state index in [1.165, 1.54) is 20.8 Å². The molecule has 0 aliphatic heterocycles. The number of hydrogen-bond acceptors (Lipinski definition) is 7. The standard InChI is InChI=1S/2C6H12O2.C5H10O2.C2H4O2/c1-5(2)4-8-6(3)7;1-3-4-5-8-6(2)7;1-4(2)7-5(3)6;1-2(3)4/h5H,4H2,1-3H3;3-5H2,1-2H3;4H,1-3H3;1H3,(H,3,4). The van der Waals surface area contributed by atoms with Gasteiger partial charge in [-0.1, -0.05) is 27.2 Å². The molecule has 0 saturated heterocycles. The van der Waals surface area contributed by atoms with Crippen LogP contribution in [0.4, 0.5) is 0 Å². The van der Waals surface area contributed by atoms with Crippen LogP contribution in [0.5, 0.6) is 0 Å². The summed E-state index contributed by atoms with van der Waals surface area (Å²) in [4.78, 5) is 39.3. The van der Waals surface area contributed by atoms with Crippen LogP contribution in [-0.4, -0.2) is 48.3 Å². The van der Waals surface area contributed by atoms with Crippen molar-refractivity contribution in [2.75, 3.05) is 13.2 Å². The molecular weight excluding hydrogens is 356 g/mol. The van der Waals surface area contributed by atoms with Crippen molar-refractivity contribution in [2.45, 2.75) is 81.3 Å². The highest BCUT2D eigenvalue weighted by Crippen LogP contribution is 1.91. The van der Waals surface area contributed by atoms with E-state index in [0.29, 0.717) is 19.1 Å². The minimum absolute atomic E-state index is 0.0255. The van der Waals surface area contributed by atoms with E-state index in [1.54, 1.807) is 0 Å². The van der Waals surface area contributed by atoms with Crippen molar-refractivity contribution >= 4 is 23.9 Å². The summed E-state index contributed by atoms with van der Waals surface area (Å²) in [5.74, 6) is -0.981. The van der Waals surface area contributed by atoms with Gasteiger partial charge < -0.3 is 19.3 Å². The Hall–Kier alpha value is -2.12. The van der Waals surface area contributed by atoms with Gasteiger partial charge in [-0.25, -0.2) is 0 Å². The van der Waals surface area contributed by atoms with E-state index < -0.39 is 5.97 Å². The van der Waals surface area contributed by atoms with E-state index in [0.717, 1.165) is 19.8 Å². The Morgan fingerprint density at radius 1 is 0.815 bits per heavy atom.